The molecule has 1 rings (SSSR count). The molecule has 0 fully saturated rings. The number of benzene rings is 1. The molecule has 3 N–H and O–H groups in total. The van der Waals surface area contributed by atoms with Gasteiger partial charge in [0.2, 0.25) is 10.0 Å². The van der Waals surface area contributed by atoms with Crippen LogP contribution in [0.15, 0.2) is 21.5 Å². The van der Waals surface area contributed by atoms with E-state index in [4.69, 9.17) is 10.2 Å². The monoisotopic (exact) mass is 337 g/mol. The SMILES string of the molecule is Cc1cc(C(=O)O)cc(S(=O)(=O)NCCO)c1Br. The highest BCUT2D eigenvalue weighted by Crippen LogP contribution is 2.27. The predicted molar refractivity (Wildman–Crippen MR) is 68.1 cm³/mol. The van der Waals surface area contributed by atoms with Crippen LogP contribution >= 0.6 is 15.9 Å². The number of rotatable bonds is 5. The zero-order valence-corrected chi connectivity index (χ0v) is 11.9. The Kier molecular flexibility index (Phi) is 4.85. The Labute approximate surface area is 113 Å². The minimum absolute atomic E-state index is 0.111. The summed E-state index contributed by atoms with van der Waals surface area (Å²) < 4.78 is 26.2. The molecule has 0 radical (unpaired) electrons. The Balaban J connectivity index is 3.35. The predicted octanol–water partition coefficient (Wildman–Crippen LogP) is 0.726. The first kappa shape index (κ1) is 15.1. The number of sulfonamides is 1. The first-order chi connectivity index (χ1) is 8.29. The van der Waals surface area contributed by atoms with Gasteiger partial charge in [0, 0.05) is 11.0 Å². The number of aryl methyl sites for hydroxylation is 1. The van der Waals surface area contributed by atoms with Crippen molar-refractivity contribution in [3.05, 3.63) is 27.7 Å². The van der Waals surface area contributed by atoms with E-state index in [2.05, 4.69) is 20.7 Å². The van der Waals surface area contributed by atoms with Gasteiger partial charge in [-0.1, -0.05) is 0 Å². The lowest BCUT2D eigenvalue weighted by Gasteiger charge is -2.10. The molecule has 100 valence electrons. The maximum absolute atomic E-state index is 11.9. The maximum atomic E-state index is 11.9. The molecule has 0 aliphatic rings. The molecule has 0 amide bonds. The zero-order valence-electron chi connectivity index (χ0n) is 9.47. The molecule has 0 aromatic heterocycles. The molecule has 0 aliphatic carbocycles. The van der Waals surface area contributed by atoms with E-state index in [0.29, 0.717) is 10.0 Å². The van der Waals surface area contributed by atoms with Crippen LogP contribution in [0.5, 0.6) is 0 Å². The van der Waals surface area contributed by atoms with Crippen LogP contribution in [0.3, 0.4) is 0 Å². The molecule has 0 saturated heterocycles. The summed E-state index contributed by atoms with van der Waals surface area (Å²) in [5.41, 5.74) is 0.388. The Morgan fingerprint density at radius 2 is 2.06 bits per heavy atom. The van der Waals surface area contributed by atoms with Crippen molar-refractivity contribution in [2.45, 2.75) is 11.8 Å². The van der Waals surface area contributed by atoms with Gasteiger partial charge >= 0.3 is 5.97 Å². The summed E-state index contributed by atoms with van der Waals surface area (Å²) in [5, 5.41) is 17.5. The fourth-order valence-electron chi connectivity index (χ4n) is 1.31. The summed E-state index contributed by atoms with van der Waals surface area (Å²) in [7, 11) is -3.85. The van der Waals surface area contributed by atoms with Gasteiger partial charge in [-0.3, -0.25) is 0 Å². The molecule has 1 aromatic carbocycles. The van der Waals surface area contributed by atoms with Crippen molar-refractivity contribution >= 4 is 31.9 Å². The second-order valence-corrected chi connectivity index (χ2v) is 6.06. The number of aliphatic hydroxyl groups is 1. The molecule has 0 bridgehead atoms. The van der Waals surface area contributed by atoms with E-state index >= 15 is 0 Å². The van der Waals surface area contributed by atoms with Crippen molar-refractivity contribution in [2.24, 2.45) is 0 Å². The number of aromatic carboxylic acids is 1. The van der Waals surface area contributed by atoms with Crippen LogP contribution in [-0.2, 0) is 10.0 Å². The summed E-state index contributed by atoms with van der Waals surface area (Å²) in [6.07, 6.45) is 0. The van der Waals surface area contributed by atoms with E-state index in [1.54, 1.807) is 6.92 Å². The first-order valence-corrected chi connectivity index (χ1v) is 7.21. The van der Waals surface area contributed by atoms with Gasteiger partial charge in [0.1, 0.15) is 0 Å². The standard InChI is InChI=1S/C10H12BrNO5S/c1-6-4-7(10(14)15)5-8(9(6)11)18(16,17)12-2-3-13/h4-5,12-13H,2-3H2,1H3,(H,14,15). The normalized spacial score (nSPS) is 11.5. The summed E-state index contributed by atoms with van der Waals surface area (Å²) in [6, 6.07) is 2.44. The van der Waals surface area contributed by atoms with Crippen molar-refractivity contribution in [3.8, 4) is 0 Å². The van der Waals surface area contributed by atoms with E-state index in [0.717, 1.165) is 6.07 Å². The molecule has 18 heavy (non-hydrogen) atoms. The quantitative estimate of drug-likeness (QED) is 0.734. The highest BCUT2D eigenvalue weighted by molar-refractivity contribution is 9.10. The maximum Gasteiger partial charge on any atom is 0.335 e. The van der Waals surface area contributed by atoms with E-state index in [1.807, 2.05) is 0 Å². The third-order valence-corrected chi connectivity index (χ3v) is 4.96. The highest BCUT2D eigenvalue weighted by Gasteiger charge is 2.21. The number of carboxylic acids is 1. The van der Waals surface area contributed by atoms with Gasteiger partial charge in [0.15, 0.2) is 0 Å². The molecule has 0 unspecified atom stereocenters. The van der Waals surface area contributed by atoms with Crippen LogP contribution in [0.2, 0.25) is 0 Å². The van der Waals surface area contributed by atoms with Gasteiger partial charge in [-0.2, -0.15) is 0 Å². The van der Waals surface area contributed by atoms with Gasteiger partial charge in [-0.25, -0.2) is 17.9 Å². The minimum atomic E-state index is -3.85. The van der Waals surface area contributed by atoms with Crippen LogP contribution in [0, 0.1) is 6.92 Å². The Morgan fingerprint density at radius 1 is 1.44 bits per heavy atom. The molecule has 0 heterocycles. The van der Waals surface area contributed by atoms with Crippen molar-refractivity contribution < 1.29 is 23.4 Å². The number of nitrogens with one attached hydrogen (secondary N) is 1. The largest absolute Gasteiger partial charge is 0.478 e. The highest BCUT2D eigenvalue weighted by atomic mass is 79.9. The molecule has 0 atom stereocenters. The third-order valence-electron chi connectivity index (χ3n) is 2.16. The first-order valence-electron chi connectivity index (χ1n) is 4.93. The van der Waals surface area contributed by atoms with Gasteiger partial charge in [0.05, 0.1) is 17.1 Å². The van der Waals surface area contributed by atoms with Crippen molar-refractivity contribution in [1.82, 2.24) is 4.72 Å². The summed E-state index contributed by atoms with van der Waals surface area (Å²) >= 11 is 3.12. The fourth-order valence-corrected chi connectivity index (χ4v) is 3.38. The third kappa shape index (κ3) is 3.29. The van der Waals surface area contributed by atoms with E-state index in [-0.39, 0.29) is 23.6 Å². The molecule has 0 aliphatic heterocycles. The lowest BCUT2D eigenvalue weighted by molar-refractivity contribution is 0.0696. The van der Waals surface area contributed by atoms with Gasteiger partial charge in [-0.15, -0.1) is 0 Å². The van der Waals surface area contributed by atoms with Gasteiger partial charge in [-0.05, 0) is 40.5 Å². The van der Waals surface area contributed by atoms with E-state index < -0.39 is 16.0 Å². The molecule has 8 heteroatoms. The van der Waals surface area contributed by atoms with Crippen LogP contribution < -0.4 is 4.72 Å². The van der Waals surface area contributed by atoms with Crippen LogP contribution in [-0.4, -0.2) is 37.8 Å². The number of aliphatic hydroxyl groups excluding tert-OH is 1. The molecule has 1 aromatic rings. The average molecular weight is 338 g/mol. The average Bonchev–Trinajstić information content (AvgIpc) is 2.29. The van der Waals surface area contributed by atoms with Crippen molar-refractivity contribution in [3.63, 3.8) is 0 Å². The van der Waals surface area contributed by atoms with Crippen molar-refractivity contribution in [2.75, 3.05) is 13.2 Å². The van der Waals surface area contributed by atoms with Gasteiger partial charge < -0.3 is 10.2 Å². The molecule has 0 spiro atoms. The Hall–Kier alpha value is -0.960. The lowest BCUT2D eigenvalue weighted by atomic mass is 10.1. The van der Waals surface area contributed by atoms with Crippen molar-refractivity contribution in [1.29, 1.82) is 0 Å². The minimum Gasteiger partial charge on any atom is -0.478 e. The Bertz CT molecular complexity index is 570. The second kappa shape index (κ2) is 5.79. The number of hydrogen-bond donors (Lipinski definition) is 3. The number of carbonyl (C=O) groups is 1. The summed E-state index contributed by atoms with van der Waals surface area (Å²) in [4.78, 5) is 10.7. The molecular formula is C10H12BrNO5S. The molecule has 0 saturated carbocycles. The fraction of sp³-hybridized carbons (Fsp3) is 0.300. The molecular weight excluding hydrogens is 326 g/mol. The topological polar surface area (TPSA) is 104 Å². The zero-order chi connectivity index (χ0) is 13.9. The molecule has 6 nitrogen and oxygen atoms in total. The van der Waals surface area contributed by atoms with E-state index in [9.17, 15) is 13.2 Å². The van der Waals surface area contributed by atoms with Crippen LogP contribution in [0.4, 0.5) is 0 Å². The summed E-state index contributed by atoms with van der Waals surface area (Å²) in [5.74, 6) is -1.20. The number of hydrogen-bond acceptors (Lipinski definition) is 4. The van der Waals surface area contributed by atoms with Crippen LogP contribution in [0.1, 0.15) is 15.9 Å². The summed E-state index contributed by atoms with van der Waals surface area (Å²) in [6.45, 7) is 1.13. The number of carboxylic acid groups (broad SMARTS) is 1. The van der Waals surface area contributed by atoms with E-state index in [1.165, 1.54) is 6.07 Å². The smallest absolute Gasteiger partial charge is 0.335 e. The Morgan fingerprint density at radius 3 is 2.56 bits per heavy atom. The lowest BCUT2D eigenvalue weighted by Crippen LogP contribution is -2.27. The van der Waals surface area contributed by atoms with Gasteiger partial charge in [0.25, 0.3) is 0 Å². The number of halogens is 1. The second-order valence-electron chi connectivity index (χ2n) is 3.53. The van der Waals surface area contributed by atoms with Crippen LogP contribution in [0.25, 0.3) is 0 Å².